The molecule has 7 nitrogen and oxygen atoms in total. The lowest BCUT2D eigenvalue weighted by Gasteiger charge is -2.17. The van der Waals surface area contributed by atoms with Crippen molar-refractivity contribution in [2.75, 3.05) is 11.9 Å². The zero-order valence-electron chi connectivity index (χ0n) is 11.2. The predicted molar refractivity (Wildman–Crippen MR) is 74.1 cm³/mol. The molecule has 112 valence electrons. The van der Waals surface area contributed by atoms with Gasteiger partial charge in [0.25, 0.3) is 0 Å². The number of para-hydroxylation sites is 1. The minimum absolute atomic E-state index is 0.141. The first-order valence-corrected chi connectivity index (χ1v) is 6.57. The molecule has 4 N–H and O–H groups in total. The Bertz CT molecular complexity index is 572. The van der Waals surface area contributed by atoms with E-state index in [1.807, 2.05) is 24.3 Å². The third-order valence-electron chi connectivity index (χ3n) is 3.41. The number of carboxylic acids is 2. The minimum Gasteiger partial charge on any atom is -0.481 e. The summed E-state index contributed by atoms with van der Waals surface area (Å²) in [5, 5.41) is 23.1. The number of hydrogen-bond acceptors (Lipinski definition) is 4. The molecule has 1 aromatic carbocycles. The van der Waals surface area contributed by atoms with E-state index in [1.54, 1.807) is 0 Å². The highest BCUT2D eigenvalue weighted by Crippen LogP contribution is 2.31. The van der Waals surface area contributed by atoms with Gasteiger partial charge in [0.2, 0.25) is 5.91 Å². The van der Waals surface area contributed by atoms with Crippen molar-refractivity contribution in [3.63, 3.8) is 0 Å². The molecule has 1 aliphatic rings. The van der Waals surface area contributed by atoms with Gasteiger partial charge in [0, 0.05) is 18.7 Å². The molecule has 1 amide bonds. The standard InChI is InChI=1S/C14H16N2O5/c17-12(18)6-5-11(14(20)21)16-13(19)9-7-15-10-4-2-1-3-8(9)10/h1-4,9,11,15H,5-7H2,(H,16,19)(H,17,18)(H,20,21)/t9?,11-/m0/s1. The summed E-state index contributed by atoms with van der Waals surface area (Å²) in [7, 11) is 0. The zero-order chi connectivity index (χ0) is 15.4. The van der Waals surface area contributed by atoms with Crippen molar-refractivity contribution in [3.05, 3.63) is 29.8 Å². The SMILES string of the molecule is O=C(O)CC[C@H](NC(=O)C1CNc2ccccc21)C(=O)O. The number of rotatable bonds is 6. The Balaban J connectivity index is 2.03. The second-order valence-corrected chi connectivity index (χ2v) is 4.85. The van der Waals surface area contributed by atoms with Crippen LogP contribution in [0.15, 0.2) is 24.3 Å². The third-order valence-corrected chi connectivity index (χ3v) is 3.41. The molecule has 7 heteroatoms. The molecule has 1 heterocycles. The molecule has 0 aliphatic carbocycles. The molecular formula is C14H16N2O5. The summed E-state index contributed by atoms with van der Waals surface area (Å²) in [6.45, 7) is 0.399. The average Bonchev–Trinajstić information content (AvgIpc) is 2.86. The number of fused-ring (bicyclic) bond motifs is 1. The number of carboxylic acid groups (broad SMARTS) is 2. The molecule has 1 aliphatic heterocycles. The van der Waals surface area contributed by atoms with Gasteiger partial charge in [-0.05, 0) is 18.1 Å². The molecule has 2 rings (SSSR count). The summed E-state index contributed by atoms with van der Waals surface area (Å²) in [4.78, 5) is 33.8. The van der Waals surface area contributed by atoms with Crippen molar-refractivity contribution in [2.45, 2.75) is 24.8 Å². The lowest BCUT2D eigenvalue weighted by Crippen LogP contribution is -2.43. The van der Waals surface area contributed by atoms with E-state index in [-0.39, 0.29) is 12.8 Å². The number of hydrogen-bond donors (Lipinski definition) is 4. The predicted octanol–water partition coefficient (Wildman–Crippen LogP) is 0.630. The quantitative estimate of drug-likeness (QED) is 0.611. The summed E-state index contributed by atoms with van der Waals surface area (Å²) >= 11 is 0. The van der Waals surface area contributed by atoms with Gasteiger partial charge in [-0.1, -0.05) is 18.2 Å². The smallest absolute Gasteiger partial charge is 0.326 e. The third kappa shape index (κ3) is 3.50. The monoisotopic (exact) mass is 292 g/mol. The van der Waals surface area contributed by atoms with Gasteiger partial charge in [-0.25, -0.2) is 4.79 Å². The van der Waals surface area contributed by atoms with E-state index in [9.17, 15) is 14.4 Å². The van der Waals surface area contributed by atoms with Gasteiger partial charge in [0.15, 0.2) is 0 Å². The van der Waals surface area contributed by atoms with Crippen molar-refractivity contribution >= 4 is 23.5 Å². The summed E-state index contributed by atoms with van der Waals surface area (Å²) in [5.41, 5.74) is 1.67. The van der Waals surface area contributed by atoms with Crippen LogP contribution >= 0.6 is 0 Å². The van der Waals surface area contributed by atoms with Crippen LogP contribution in [0.3, 0.4) is 0 Å². The lowest BCUT2D eigenvalue weighted by atomic mass is 9.99. The second-order valence-electron chi connectivity index (χ2n) is 4.85. The number of nitrogens with one attached hydrogen (secondary N) is 2. The molecule has 0 aromatic heterocycles. The molecule has 0 saturated carbocycles. The fourth-order valence-electron chi connectivity index (χ4n) is 2.32. The summed E-state index contributed by atoms with van der Waals surface area (Å²) in [6.07, 6.45) is -0.449. The maximum Gasteiger partial charge on any atom is 0.326 e. The summed E-state index contributed by atoms with van der Waals surface area (Å²) < 4.78 is 0. The van der Waals surface area contributed by atoms with Crippen molar-refractivity contribution in [1.82, 2.24) is 5.32 Å². The molecule has 1 aromatic rings. The Morgan fingerprint density at radius 1 is 1.29 bits per heavy atom. The van der Waals surface area contributed by atoms with Crippen LogP contribution in [0.2, 0.25) is 0 Å². The van der Waals surface area contributed by atoms with Crippen molar-refractivity contribution in [3.8, 4) is 0 Å². The lowest BCUT2D eigenvalue weighted by molar-refractivity contribution is -0.143. The number of benzene rings is 1. The van der Waals surface area contributed by atoms with Crippen LogP contribution in [0.5, 0.6) is 0 Å². The van der Waals surface area contributed by atoms with Gasteiger partial charge in [0.1, 0.15) is 6.04 Å². The molecule has 1 unspecified atom stereocenters. The fourth-order valence-corrected chi connectivity index (χ4v) is 2.32. The van der Waals surface area contributed by atoms with E-state index in [1.165, 1.54) is 0 Å². The van der Waals surface area contributed by atoms with Gasteiger partial charge in [-0.15, -0.1) is 0 Å². The molecule has 0 radical (unpaired) electrons. The molecule has 2 atom stereocenters. The highest BCUT2D eigenvalue weighted by Gasteiger charge is 2.31. The van der Waals surface area contributed by atoms with Crippen LogP contribution in [0.4, 0.5) is 5.69 Å². The van der Waals surface area contributed by atoms with Crippen molar-refractivity contribution < 1.29 is 24.6 Å². The van der Waals surface area contributed by atoms with E-state index in [4.69, 9.17) is 10.2 Å². The maximum atomic E-state index is 12.2. The normalized spacial score (nSPS) is 17.4. The molecule has 0 fully saturated rings. The van der Waals surface area contributed by atoms with E-state index in [0.717, 1.165) is 11.3 Å². The Hall–Kier alpha value is -2.57. The maximum absolute atomic E-state index is 12.2. The topological polar surface area (TPSA) is 116 Å². The van der Waals surface area contributed by atoms with Crippen LogP contribution in [-0.2, 0) is 14.4 Å². The first-order valence-electron chi connectivity index (χ1n) is 6.57. The number of aliphatic carboxylic acids is 2. The van der Waals surface area contributed by atoms with Crippen LogP contribution in [-0.4, -0.2) is 40.6 Å². The minimum atomic E-state index is -1.23. The van der Waals surface area contributed by atoms with Gasteiger partial charge in [0.05, 0.1) is 5.92 Å². The number of amides is 1. The molecule has 0 saturated heterocycles. The number of anilines is 1. The van der Waals surface area contributed by atoms with Crippen LogP contribution in [0.1, 0.15) is 24.3 Å². The zero-order valence-corrected chi connectivity index (χ0v) is 11.2. The summed E-state index contributed by atoms with van der Waals surface area (Å²) in [5.74, 6) is -3.20. The van der Waals surface area contributed by atoms with Crippen LogP contribution in [0, 0.1) is 0 Å². The van der Waals surface area contributed by atoms with Crippen molar-refractivity contribution in [2.24, 2.45) is 0 Å². The van der Waals surface area contributed by atoms with Gasteiger partial charge in [-0.2, -0.15) is 0 Å². The fraction of sp³-hybridized carbons (Fsp3) is 0.357. The highest BCUT2D eigenvalue weighted by atomic mass is 16.4. The molecule has 0 bridgehead atoms. The van der Waals surface area contributed by atoms with Crippen LogP contribution in [0.25, 0.3) is 0 Å². The van der Waals surface area contributed by atoms with Gasteiger partial charge >= 0.3 is 11.9 Å². The Morgan fingerprint density at radius 2 is 2.00 bits per heavy atom. The van der Waals surface area contributed by atoms with Crippen LogP contribution < -0.4 is 10.6 Å². The van der Waals surface area contributed by atoms with Gasteiger partial charge in [-0.3, -0.25) is 9.59 Å². The van der Waals surface area contributed by atoms with E-state index in [0.29, 0.717) is 6.54 Å². The number of carbonyl (C=O) groups is 3. The van der Waals surface area contributed by atoms with E-state index in [2.05, 4.69) is 10.6 Å². The molecular weight excluding hydrogens is 276 g/mol. The van der Waals surface area contributed by atoms with E-state index < -0.39 is 29.8 Å². The molecule has 21 heavy (non-hydrogen) atoms. The first kappa shape index (κ1) is 14.8. The summed E-state index contributed by atoms with van der Waals surface area (Å²) in [6, 6.07) is 6.12. The number of carbonyl (C=O) groups excluding carboxylic acids is 1. The first-order chi connectivity index (χ1) is 9.99. The Morgan fingerprint density at radius 3 is 2.67 bits per heavy atom. The highest BCUT2D eigenvalue weighted by molar-refractivity contribution is 5.91. The van der Waals surface area contributed by atoms with Gasteiger partial charge < -0.3 is 20.8 Å². The largest absolute Gasteiger partial charge is 0.481 e. The Labute approximate surface area is 121 Å². The van der Waals surface area contributed by atoms with Crippen molar-refractivity contribution in [1.29, 1.82) is 0 Å². The molecule has 0 spiro atoms. The second kappa shape index (κ2) is 6.25. The Kier molecular flexibility index (Phi) is 4.42. The average molecular weight is 292 g/mol. The van der Waals surface area contributed by atoms with E-state index >= 15 is 0 Å².